The van der Waals surface area contributed by atoms with Crippen LogP contribution in [0, 0.1) is 0 Å². The van der Waals surface area contributed by atoms with Gasteiger partial charge in [-0.05, 0) is 49.3 Å². The lowest BCUT2D eigenvalue weighted by Crippen LogP contribution is -2.53. The summed E-state index contributed by atoms with van der Waals surface area (Å²) < 4.78 is 17.3. The van der Waals surface area contributed by atoms with Crippen molar-refractivity contribution < 1.29 is 19.0 Å². The van der Waals surface area contributed by atoms with Crippen LogP contribution in [0.3, 0.4) is 0 Å². The minimum Gasteiger partial charge on any atom is -0.481 e. The molecule has 1 aromatic rings. The Morgan fingerprint density at radius 3 is 2.42 bits per heavy atom. The summed E-state index contributed by atoms with van der Waals surface area (Å²) in [5, 5.41) is 0. The number of hydrogen-bond donors (Lipinski definition) is 0. The van der Waals surface area contributed by atoms with Crippen LogP contribution in [-0.2, 0) is 19.7 Å². The molecule has 0 aromatic heterocycles. The number of carbonyl (C=O) groups excluding carboxylic acids is 1. The molecule has 0 spiro atoms. The third-order valence-corrected chi connectivity index (χ3v) is 5.18. The summed E-state index contributed by atoms with van der Waals surface area (Å²) in [7, 11) is 0. The Bertz CT molecular complexity index is 601. The SMILES string of the molecule is CC(Oc1ccc(C(C)(C)C)cc1)C(=O)N1CCCCC1C1OCCO1. The molecule has 0 bridgehead atoms. The van der Waals surface area contributed by atoms with Crippen LogP contribution in [0.15, 0.2) is 24.3 Å². The van der Waals surface area contributed by atoms with Crippen molar-refractivity contribution in [2.24, 2.45) is 0 Å². The van der Waals surface area contributed by atoms with Crippen LogP contribution in [0.2, 0.25) is 0 Å². The van der Waals surface area contributed by atoms with Gasteiger partial charge in [-0.25, -0.2) is 0 Å². The van der Waals surface area contributed by atoms with Gasteiger partial charge in [0.1, 0.15) is 5.75 Å². The van der Waals surface area contributed by atoms with Crippen molar-refractivity contribution in [1.82, 2.24) is 4.90 Å². The van der Waals surface area contributed by atoms with Crippen LogP contribution in [0.1, 0.15) is 52.5 Å². The zero-order chi connectivity index (χ0) is 18.7. The number of rotatable bonds is 4. The molecule has 1 amide bonds. The number of piperidine rings is 1. The molecule has 2 unspecified atom stereocenters. The zero-order valence-corrected chi connectivity index (χ0v) is 16.4. The maximum absolute atomic E-state index is 13.0. The van der Waals surface area contributed by atoms with Crippen molar-refractivity contribution >= 4 is 5.91 Å². The maximum atomic E-state index is 13.0. The van der Waals surface area contributed by atoms with E-state index < -0.39 is 6.10 Å². The van der Waals surface area contributed by atoms with Gasteiger partial charge in [-0.15, -0.1) is 0 Å². The standard InChI is InChI=1S/C21H31NO4/c1-15(26-17-10-8-16(9-11-17)21(2,3)4)19(23)22-12-6-5-7-18(22)20-24-13-14-25-20/h8-11,15,18,20H,5-7,12-14H2,1-4H3. The van der Waals surface area contributed by atoms with Crippen molar-refractivity contribution in [2.75, 3.05) is 19.8 Å². The molecule has 2 heterocycles. The van der Waals surface area contributed by atoms with Crippen molar-refractivity contribution in [3.63, 3.8) is 0 Å². The Balaban J connectivity index is 1.64. The fraction of sp³-hybridized carbons (Fsp3) is 0.667. The number of likely N-dealkylation sites (tertiary alicyclic amines) is 1. The van der Waals surface area contributed by atoms with E-state index in [9.17, 15) is 4.79 Å². The normalized spacial score (nSPS) is 23.1. The topological polar surface area (TPSA) is 48.0 Å². The van der Waals surface area contributed by atoms with E-state index in [2.05, 4.69) is 32.9 Å². The fourth-order valence-corrected chi connectivity index (χ4v) is 3.63. The van der Waals surface area contributed by atoms with Gasteiger partial charge < -0.3 is 19.1 Å². The highest BCUT2D eigenvalue weighted by atomic mass is 16.7. The Morgan fingerprint density at radius 2 is 1.81 bits per heavy atom. The van der Waals surface area contributed by atoms with Crippen LogP contribution >= 0.6 is 0 Å². The molecule has 2 saturated heterocycles. The van der Waals surface area contributed by atoms with Gasteiger partial charge in [0, 0.05) is 6.54 Å². The van der Waals surface area contributed by atoms with E-state index in [0.717, 1.165) is 31.6 Å². The first-order valence-corrected chi connectivity index (χ1v) is 9.67. The molecule has 1 aromatic carbocycles. The second kappa shape index (κ2) is 7.97. The molecule has 2 atom stereocenters. The van der Waals surface area contributed by atoms with E-state index >= 15 is 0 Å². The minimum atomic E-state index is -0.530. The Labute approximate surface area is 156 Å². The molecule has 144 valence electrons. The van der Waals surface area contributed by atoms with Gasteiger partial charge in [-0.3, -0.25) is 4.79 Å². The predicted octanol–water partition coefficient (Wildman–Crippen LogP) is 3.51. The first-order valence-electron chi connectivity index (χ1n) is 9.67. The van der Waals surface area contributed by atoms with Crippen LogP contribution in [-0.4, -0.2) is 49.0 Å². The quantitative estimate of drug-likeness (QED) is 0.823. The number of ether oxygens (including phenoxy) is 3. The van der Waals surface area contributed by atoms with E-state index in [1.165, 1.54) is 5.56 Å². The first-order chi connectivity index (χ1) is 12.4. The summed E-state index contributed by atoms with van der Waals surface area (Å²) in [6.07, 6.45) is 2.21. The molecule has 0 N–H and O–H groups in total. The van der Waals surface area contributed by atoms with Crippen LogP contribution in [0.5, 0.6) is 5.75 Å². The molecule has 2 fully saturated rings. The molecule has 2 aliphatic rings. The Kier molecular flexibility index (Phi) is 5.88. The average Bonchev–Trinajstić information content (AvgIpc) is 3.15. The zero-order valence-electron chi connectivity index (χ0n) is 16.4. The molecule has 5 nitrogen and oxygen atoms in total. The lowest BCUT2D eigenvalue weighted by molar-refractivity contribution is -0.156. The molecular formula is C21H31NO4. The number of nitrogens with zero attached hydrogens (tertiary/aromatic N) is 1. The summed E-state index contributed by atoms with van der Waals surface area (Å²) in [6, 6.07) is 8.02. The van der Waals surface area contributed by atoms with Gasteiger partial charge in [-0.1, -0.05) is 32.9 Å². The highest BCUT2D eigenvalue weighted by Gasteiger charge is 2.38. The van der Waals surface area contributed by atoms with Gasteiger partial charge in [0.05, 0.1) is 19.3 Å². The highest BCUT2D eigenvalue weighted by Crippen LogP contribution is 2.27. The van der Waals surface area contributed by atoms with Gasteiger partial charge in [0.2, 0.25) is 0 Å². The molecule has 0 aliphatic carbocycles. The van der Waals surface area contributed by atoms with Crippen molar-refractivity contribution in [3.05, 3.63) is 29.8 Å². The summed E-state index contributed by atoms with van der Waals surface area (Å²) in [5.74, 6) is 0.731. The molecule has 0 radical (unpaired) electrons. The number of hydrogen-bond acceptors (Lipinski definition) is 4. The van der Waals surface area contributed by atoms with E-state index in [4.69, 9.17) is 14.2 Å². The smallest absolute Gasteiger partial charge is 0.263 e. The molecule has 3 rings (SSSR count). The molecule has 2 aliphatic heterocycles. The second-order valence-corrected chi connectivity index (χ2v) is 8.24. The minimum absolute atomic E-state index is 0.00642. The summed E-state index contributed by atoms with van der Waals surface area (Å²) in [5.41, 5.74) is 1.35. The average molecular weight is 361 g/mol. The van der Waals surface area contributed by atoms with E-state index in [1.807, 2.05) is 24.0 Å². The van der Waals surface area contributed by atoms with Crippen LogP contribution < -0.4 is 4.74 Å². The molecule has 26 heavy (non-hydrogen) atoms. The Morgan fingerprint density at radius 1 is 1.15 bits per heavy atom. The van der Waals surface area contributed by atoms with E-state index in [1.54, 1.807) is 0 Å². The van der Waals surface area contributed by atoms with Gasteiger partial charge in [-0.2, -0.15) is 0 Å². The Hall–Kier alpha value is -1.59. The van der Waals surface area contributed by atoms with Gasteiger partial charge in [0.25, 0.3) is 5.91 Å². The highest BCUT2D eigenvalue weighted by molar-refractivity contribution is 5.81. The summed E-state index contributed by atoms with van der Waals surface area (Å²) >= 11 is 0. The largest absolute Gasteiger partial charge is 0.481 e. The molecule has 0 saturated carbocycles. The number of amides is 1. The third kappa shape index (κ3) is 4.38. The molecular weight excluding hydrogens is 330 g/mol. The van der Waals surface area contributed by atoms with Crippen LogP contribution in [0.25, 0.3) is 0 Å². The van der Waals surface area contributed by atoms with Gasteiger partial charge >= 0.3 is 0 Å². The molecule has 5 heteroatoms. The third-order valence-electron chi connectivity index (χ3n) is 5.18. The fourth-order valence-electron chi connectivity index (χ4n) is 3.63. The van der Waals surface area contributed by atoms with E-state index in [0.29, 0.717) is 13.2 Å². The second-order valence-electron chi connectivity index (χ2n) is 8.24. The summed E-state index contributed by atoms with van der Waals surface area (Å²) in [4.78, 5) is 14.9. The monoisotopic (exact) mass is 361 g/mol. The lowest BCUT2D eigenvalue weighted by Gasteiger charge is -2.39. The summed E-state index contributed by atoms with van der Waals surface area (Å²) in [6.45, 7) is 10.3. The number of benzene rings is 1. The van der Waals surface area contributed by atoms with E-state index in [-0.39, 0.29) is 23.7 Å². The lowest BCUT2D eigenvalue weighted by atomic mass is 9.87. The number of carbonyl (C=O) groups is 1. The van der Waals surface area contributed by atoms with Crippen LogP contribution in [0.4, 0.5) is 0 Å². The van der Waals surface area contributed by atoms with Crippen molar-refractivity contribution in [3.8, 4) is 5.75 Å². The maximum Gasteiger partial charge on any atom is 0.263 e. The van der Waals surface area contributed by atoms with Crippen molar-refractivity contribution in [2.45, 2.75) is 70.8 Å². The predicted molar refractivity (Wildman–Crippen MR) is 100 cm³/mol. The van der Waals surface area contributed by atoms with Gasteiger partial charge in [0.15, 0.2) is 12.4 Å². The van der Waals surface area contributed by atoms with Crippen molar-refractivity contribution in [1.29, 1.82) is 0 Å². The first kappa shape index (κ1) is 19.2.